The summed E-state index contributed by atoms with van der Waals surface area (Å²) in [7, 11) is 2.13. The highest BCUT2D eigenvalue weighted by molar-refractivity contribution is 5.75. The number of fused-ring (bicyclic) bond motifs is 1. The number of benzene rings is 1. The molecule has 2 nitrogen and oxygen atoms in total. The third-order valence-electron chi connectivity index (χ3n) is 3.31. The third-order valence-corrected chi connectivity index (χ3v) is 3.31. The smallest absolute Gasteiger partial charge is 0.195 e. The van der Waals surface area contributed by atoms with Gasteiger partial charge < -0.3 is 0 Å². The number of hydrogen-bond acceptors (Lipinski definition) is 0. The van der Waals surface area contributed by atoms with Crippen LogP contribution in [0.3, 0.4) is 0 Å². The molecule has 2 aromatic heterocycles. The molecule has 88 valence electrons. The van der Waals surface area contributed by atoms with E-state index >= 15 is 0 Å². The summed E-state index contributed by atoms with van der Waals surface area (Å²) >= 11 is 0. The van der Waals surface area contributed by atoms with Crippen molar-refractivity contribution in [1.82, 2.24) is 0 Å². The Morgan fingerprint density at radius 1 is 0.833 bits per heavy atom. The van der Waals surface area contributed by atoms with Gasteiger partial charge in [-0.15, -0.1) is 0 Å². The van der Waals surface area contributed by atoms with Gasteiger partial charge in [-0.3, -0.25) is 0 Å². The Morgan fingerprint density at radius 3 is 2.44 bits per heavy atom. The molecule has 0 aliphatic heterocycles. The molecule has 18 heavy (non-hydrogen) atoms. The SMILES string of the molecule is C[n+]1c(C[n+]2ccccc2)ccc2ccccc21. The molecule has 3 rings (SSSR count). The van der Waals surface area contributed by atoms with E-state index in [1.165, 1.54) is 16.6 Å². The Balaban J connectivity index is 2.05. The van der Waals surface area contributed by atoms with Crippen LogP contribution in [0.15, 0.2) is 67.0 Å². The number of rotatable bonds is 2. The summed E-state index contributed by atoms with van der Waals surface area (Å²) in [6, 6.07) is 19.0. The highest BCUT2D eigenvalue weighted by Crippen LogP contribution is 2.09. The molecule has 0 spiro atoms. The molecule has 2 heteroatoms. The third kappa shape index (κ3) is 1.97. The van der Waals surface area contributed by atoms with Crippen LogP contribution in [0.4, 0.5) is 0 Å². The maximum atomic E-state index is 2.26. The number of pyridine rings is 2. The van der Waals surface area contributed by atoms with Crippen LogP contribution >= 0.6 is 0 Å². The minimum Gasteiger partial charge on any atom is -0.195 e. The zero-order chi connectivity index (χ0) is 12.4. The van der Waals surface area contributed by atoms with Crippen LogP contribution in [0.2, 0.25) is 0 Å². The first-order chi connectivity index (χ1) is 8.84. The van der Waals surface area contributed by atoms with Gasteiger partial charge in [0.1, 0.15) is 7.05 Å². The minimum atomic E-state index is 0.891. The second-order valence-electron chi connectivity index (χ2n) is 4.49. The van der Waals surface area contributed by atoms with Crippen LogP contribution in [0.25, 0.3) is 10.9 Å². The van der Waals surface area contributed by atoms with E-state index in [2.05, 4.69) is 77.1 Å². The fourth-order valence-corrected chi connectivity index (χ4v) is 2.27. The van der Waals surface area contributed by atoms with E-state index in [1.54, 1.807) is 0 Å². The second-order valence-corrected chi connectivity index (χ2v) is 4.49. The van der Waals surface area contributed by atoms with Crippen molar-refractivity contribution in [1.29, 1.82) is 0 Å². The molecule has 0 radical (unpaired) electrons. The van der Waals surface area contributed by atoms with Crippen LogP contribution in [0, 0.1) is 0 Å². The summed E-state index contributed by atoms with van der Waals surface area (Å²) in [6.07, 6.45) is 4.18. The van der Waals surface area contributed by atoms with Crippen LogP contribution < -0.4 is 9.13 Å². The van der Waals surface area contributed by atoms with Gasteiger partial charge in [0.2, 0.25) is 17.8 Å². The topological polar surface area (TPSA) is 7.76 Å². The van der Waals surface area contributed by atoms with Gasteiger partial charge in [-0.2, -0.15) is 9.13 Å². The minimum absolute atomic E-state index is 0.891. The number of para-hydroxylation sites is 1. The molecular formula is C16H16N2+2. The molecule has 3 aromatic rings. The number of aryl methyl sites for hydroxylation is 1. The first kappa shape index (κ1) is 10.9. The molecule has 0 bridgehead atoms. The summed E-state index contributed by atoms with van der Waals surface area (Å²) in [4.78, 5) is 0. The number of aromatic nitrogens is 2. The summed E-state index contributed by atoms with van der Waals surface area (Å²) in [6.45, 7) is 0.891. The lowest BCUT2D eigenvalue weighted by molar-refractivity contribution is -0.728. The van der Waals surface area contributed by atoms with Gasteiger partial charge in [-0.1, -0.05) is 18.2 Å². The van der Waals surface area contributed by atoms with Gasteiger partial charge in [0.15, 0.2) is 12.4 Å². The van der Waals surface area contributed by atoms with Gasteiger partial charge in [-0.25, -0.2) is 0 Å². The lowest BCUT2D eigenvalue weighted by Gasteiger charge is -2.01. The molecule has 0 saturated heterocycles. The molecule has 0 amide bonds. The first-order valence-corrected chi connectivity index (χ1v) is 6.15. The summed E-state index contributed by atoms with van der Waals surface area (Å²) in [5.74, 6) is 0. The van der Waals surface area contributed by atoms with Crippen molar-refractivity contribution in [2.75, 3.05) is 0 Å². The van der Waals surface area contributed by atoms with Crippen molar-refractivity contribution in [2.45, 2.75) is 6.54 Å². The predicted octanol–water partition coefficient (Wildman–Crippen LogP) is 2.00. The van der Waals surface area contributed by atoms with Crippen LogP contribution in [-0.2, 0) is 13.6 Å². The van der Waals surface area contributed by atoms with Gasteiger partial charge in [0.05, 0.1) is 0 Å². The monoisotopic (exact) mass is 236 g/mol. The molecule has 0 saturated carbocycles. The van der Waals surface area contributed by atoms with Crippen molar-refractivity contribution >= 4 is 10.9 Å². The highest BCUT2D eigenvalue weighted by atomic mass is 15.0. The fraction of sp³-hybridized carbons (Fsp3) is 0.125. The Hall–Kier alpha value is -2.22. The molecule has 0 fully saturated rings. The largest absolute Gasteiger partial charge is 0.247 e. The maximum Gasteiger partial charge on any atom is 0.247 e. The molecule has 1 aromatic carbocycles. The van der Waals surface area contributed by atoms with Crippen molar-refractivity contribution in [3.63, 3.8) is 0 Å². The average Bonchev–Trinajstić information content (AvgIpc) is 2.43. The van der Waals surface area contributed by atoms with E-state index in [9.17, 15) is 0 Å². The maximum absolute atomic E-state index is 2.26. The molecule has 0 aliphatic rings. The molecule has 0 unspecified atom stereocenters. The van der Waals surface area contributed by atoms with Gasteiger partial charge in [0.25, 0.3) is 0 Å². The van der Waals surface area contributed by atoms with E-state index < -0.39 is 0 Å². The average molecular weight is 236 g/mol. The molecule has 0 atom stereocenters. The lowest BCUT2D eigenvalue weighted by atomic mass is 10.2. The van der Waals surface area contributed by atoms with Crippen LogP contribution in [-0.4, -0.2) is 0 Å². The van der Waals surface area contributed by atoms with E-state index in [-0.39, 0.29) is 0 Å². The van der Waals surface area contributed by atoms with Crippen molar-refractivity contribution in [2.24, 2.45) is 7.05 Å². The van der Waals surface area contributed by atoms with E-state index in [0.717, 1.165) is 6.54 Å². The Morgan fingerprint density at radius 2 is 1.61 bits per heavy atom. The fourth-order valence-electron chi connectivity index (χ4n) is 2.27. The Kier molecular flexibility index (Phi) is 2.77. The highest BCUT2D eigenvalue weighted by Gasteiger charge is 2.14. The lowest BCUT2D eigenvalue weighted by Crippen LogP contribution is -2.42. The predicted molar refractivity (Wildman–Crippen MR) is 70.9 cm³/mol. The second kappa shape index (κ2) is 4.57. The summed E-state index contributed by atoms with van der Waals surface area (Å²) in [5.41, 5.74) is 2.57. The van der Waals surface area contributed by atoms with Crippen molar-refractivity contribution in [3.8, 4) is 0 Å². The van der Waals surface area contributed by atoms with Gasteiger partial charge in [-0.05, 0) is 12.1 Å². The van der Waals surface area contributed by atoms with Crippen molar-refractivity contribution in [3.05, 3.63) is 72.7 Å². The molecular weight excluding hydrogens is 220 g/mol. The van der Waals surface area contributed by atoms with Crippen molar-refractivity contribution < 1.29 is 9.13 Å². The number of hydrogen-bond donors (Lipinski definition) is 0. The Bertz CT molecular complexity index is 675. The Labute approximate surface area is 107 Å². The molecule has 0 aliphatic carbocycles. The zero-order valence-corrected chi connectivity index (χ0v) is 10.5. The molecule has 0 N–H and O–H groups in total. The normalized spacial score (nSPS) is 10.7. The summed E-state index contributed by atoms with van der Waals surface area (Å²) < 4.78 is 4.44. The zero-order valence-electron chi connectivity index (χ0n) is 10.5. The van der Waals surface area contributed by atoms with Gasteiger partial charge >= 0.3 is 0 Å². The standard InChI is InChI=1S/C16H16N2/c1-17-15(13-18-11-5-2-6-12-18)10-9-14-7-3-4-8-16(14)17/h2-12H,13H2,1H3/q+2. The summed E-state index contributed by atoms with van der Waals surface area (Å²) in [5, 5.41) is 1.28. The molecule has 2 heterocycles. The number of nitrogens with zero attached hydrogens (tertiary/aromatic N) is 2. The van der Waals surface area contributed by atoms with E-state index in [1.807, 2.05) is 6.07 Å². The van der Waals surface area contributed by atoms with Gasteiger partial charge in [0, 0.05) is 29.7 Å². The quantitative estimate of drug-likeness (QED) is 0.601. The van der Waals surface area contributed by atoms with Crippen LogP contribution in [0.5, 0.6) is 0 Å². The first-order valence-electron chi connectivity index (χ1n) is 6.15. The van der Waals surface area contributed by atoms with Crippen LogP contribution in [0.1, 0.15) is 5.69 Å². The van der Waals surface area contributed by atoms with E-state index in [0.29, 0.717) is 0 Å². The van der Waals surface area contributed by atoms with E-state index in [4.69, 9.17) is 0 Å².